The first-order chi connectivity index (χ1) is 16.6. The second-order valence-corrected chi connectivity index (χ2v) is 10.6. The first kappa shape index (κ1) is 27.8. The minimum Gasteiger partial charge on any atom is -0.389 e. The molecule has 7 nitrogen and oxygen atoms in total. The largest absolute Gasteiger partial charge is 0.389 e. The summed E-state index contributed by atoms with van der Waals surface area (Å²) in [4.78, 5) is 24.0. The molecule has 3 fully saturated rings. The second kappa shape index (κ2) is 12.4. The van der Waals surface area contributed by atoms with Crippen molar-refractivity contribution < 1.29 is 28.9 Å². The third-order valence-corrected chi connectivity index (χ3v) is 7.26. The number of ketones is 1. The van der Waals surface area contributed by atoms with E-state index in [0.29, 0.717) is 18.8 Å². The number of carbonyl (C=O) groups is 2. The molecule has 3 aliphatic heterocycles. The van der Waals surface area contributed by atoms with E-state index in [1.165, 1.54) is 12.2 Å². The van der Waals surface area contributed by atoms with Gasteiger partial charge in [0.05, 0.1) is 48.8 Å². The summed E-state index contributed by atoms with van der Waals surface area (Å²) in [5.74, 6) is 0.332. The molecule has 0 radical (unpaired) electrons. The number of Topliss-reactive ketones (excluding diaryl/α,β-unsaturated/α-hetero) is 1. The lowest BCUT2D eigenvalue weighted by molar-refractivity contribution is -0.125. The molecule has 0 aromatic heterocycles. The number of aliphatic hydroxyl groups excluding tert-OH is 1. The zero-order chi connectivity index (χ0) is 25.6. The van der Waals surface area contributed by atoms with Crippen molar-refractivity contribution in [1.82, 2.24) is 5.32 Å². The van der Waals surface area contributed by atoms with Gasteiger partial charge in [-0.15, -0.1) is 0 Å². The minimum atomic E-state index is -0.646. The van der Waals surface area contributed by atoms with Crippen LogP contribution in [-0.2, 0) is 23.8 Å². The van der Waals surface area contributed by atoms with E-state index in [-0.39, 0.29) is 47.7 Å². The lowest BCUT2D eigenvalue weighted by atomic mass is 9.88. The van der Waals surface area contributed by atoms with Crippen LogP contribution < -0.4 is 5.32 Å². The lowest BCUT2D eigenvalue weighted by Crippen LogP contribution is -2.50. The second-order valence-electron chi connectivity index (χ2n) is 10.6. The van der Waals surface area contributed by atoms with Crippen LogP contribution in [0.2, 0.25) is 0 Å². The Morgan fingerprint density at radius 1 is 1.20 bits per heavy atom. The van der Waals surface area contributed by atoms with Crippen molar-refractivity contribution in [2.75, 3.05) is 6.61 Å². The van der Waals surface area contributed by atoms with Gasteiger partial charge in [0.2, 0.25) is 5.91 Å². The van der Waals surface area contributed by atoms with Gasteiger partial charge in [-0.1, -0.05) is 43.7 Å². The average molecular weight is 490 g/mol. The van der Waals surface area contributed by atoms with Gasteiger partial charge in [-0.25, -0.2) is 0 Å². The Morgan fingerprint density at radius 3 is 2.60 bits per heavy atom. The number of aliphatic hydroxyl groups is 1. The van der Waals surface area contributed by atoms with E-state index in [2.05, 4.69) is 37.4 Å². The van der Waals surface area contributed by atoms with Crippen molar-refractivity contribution in [3.63, 3.8) is 0 Å². The van der Waals surface area contributed by atoms with Gasteiger partial charge in [0.25, 0.3) is 0 Å². The van der Waals surface area contributed by atoms with E-state index >= 15 is 0 Å². The molecule has 3 saturated heterocycles. The summed E-state index contributed by atoms with van der Waals surface area (Å²) >= 11 is 0. The van der Waals surface area contributed by atoms with Crippen molar-refractivity contribution in [1.29, 1.82) is 0 Å². The molecule has 196 valence electrons. The molecule has 8 atom stereocenters. The minimum absolute atomic E-state index is 0.0404. The van der Waals surface area contributed by atoms with E-state index in [9.17, 15) is 14.7 Å². The summed E-state index contributed by atoms with van der Waals surface area (Å²) in [7, 11) is 0. The maximum Gasteiger partial charge on any atom is 0.244 e. The Labute approximate surface area is 210 Å². The van der Waals surface area contributed by atoms with E-state index in [1.54, 1.807) is 6.92 Å². The van der Waals surface area contributed by atoms with Crippen LogP contribution in [0.3, 0.4) is 0 Å². The van der Waals surface area contributed by atoms with Crippen LogP contribution >= 0.6 is 0 Å². The fourth-order valence-electron chi connectivity index (χ4n) is 4.98. The van der Waals surface area contributed by atoms with Crippen molar-refractivity contribution in [3.05, 3.63) is 36.0 Å². The van der Waals surface area contributed by atoms with Crippen molar-refractivity contribution >= 4 is 11.7 Å². The number of rotatable bonds is 10. The molecule has 35 heavy (non-hydrogen) atoms. The Morgan fingerprint density at radius 2 is 1.94 bits per heavy atom. The smallest absolute Gasteiger partial charge is 0.244 e. The topological polar surface area (TPSA) is 97.4 Å². The Kier molecular flexibility index (Phi) is 9.87. The van der Waals surface area contributed by atoms with Crippen LogP contribution in [-0.4, -0.2) is 65.6 Å². The molecule has 3 heterocycles. The summed E-state index contributed by atoms with van der Waals surface area (Å²) in [5, 5.41) is 12.3. The predicted molar refractivity (Wildman–Crippen MR) is 135 cm³/mol. The number of amides is 1. The van der Waals surface area contributed by atoms with Gasteiger partial charge >= 0.3 is 0 Å². The highest BCUT2D eigenvalue weighted by atomic mass is 16.6. The number of carbonyl (C=O) groups excluding carboxylic acids is 2. The van der Waals surface area contributed by atoms with Gasteiger partial charge in [-0.05, 0) is 39.5 Å². The number of hydrogen-bond donors (Lipinski definition) is 2. The van der Waals surface area contributed by atoms with Gasteiger partial charge < -0.3 is 24.6 Å². The zero-order valence-corrected chi connectivity index (χ0v) is 21.9. The average Bonchev–Trinajstić information content (AvgIpc) is 3.54. The third kappa shape index (κ3) is 8.67. The number of ether oxygens (including phenoxy) is 3. The SMILES string of the molecule is CCC(=O)C[C@@H]1C[C@]2(CO2)C[C@@H](/C=C/C(C)=C/C[C@@H]2O[C@H](C)[C@H](NC(=O)/C=C\[C@H](C)O)C[C@@H]2C)O1. The molecule has 0 aliphatic carbocycles. The standard InChI is InChI=1S/C28H43NO6/c1-6-22(31)14-24-16-28(17-33-28)15-23(35-24)10-7-18(2)8-11-26-19(3)13-25(21(5)34-26)29-27(32)12-9-20(4)30/h7-10,12,19-21,23-26,30H,6,11,13-17H2,1-5H3,(H,29,32)/b10-7+,12-9-,18-8+/t19-,20-,21+,23+,24+,25+,26-,28-/m0/s1. The maximum atomic E-state index is 12.1. The first-order valence-corrected chi connectivity index (χ1v) is 13.1. The van der Waals surface area contributed by atoms with Crippen LogP contribution in [0.4, 0.5) is 0 Å². The molecule has 1 spiro atoms. The summed E-state index contributed by atoms with van der Waals surface area (Å²) < 4.78 is 18.2. The van der Waals surface area contributed by atoms with Crippen LogP contribution in [0.25, 0.3) is 0 Å². The van der Waals surface area contributed by atoms with E-state index < -0.39 is 6.10 Å². The van der Waals surface area contributed by atoms with Crippen molar-refractivity contribution in [2.24, 2.45) is 5.92 Å². The zero-order valence-electron chi connectivity index (χ0n) is 21.9. The summed E-state index contributed by atoms with van der Waals surface area (Å²) in [6.07, 6.45) is 12.8. The van der Waals surface area contributed by atoms with Gasteiger partial charge in [-0.2, -0.15) is 0 Å². The fourth-order valence-corrected chi connectivity index (χ4v) is 4.98. The normalized spacial score (nSPS) is 36.6. The quantitative estimate of drug-likeness (QED) is 0.275. The first-order valence-electron chi connectivity index (χ1n) is 13.1. The summed E-state index contributed by atoms with van der Waals surface area (Å²) in [6, 6.07) is -0.0506. The summed E-state index contributed by atoms with van der Waals surface area (Å²) in [6.45, 7) is 10.5. The molecular formula is C28H43NO6. The van der Waals surface area contributed by atoms with Crippen LogP contribution in [0.1, 0.15) is 73.1 Å². The molecule has 0 unspecified atom stereocenters. The number of allylic oxidation sites excluding steroid dienone is 2. The van der Waals surface area contributed by atoms with Crippen LogP contribution in [0, 0.1) is 5.92 Å². The van der Waals surface area contributed by atoms with E-state index in [0.717, 1.165) is 37.9 Å². The highest BCUT2D eigenvalue weighted by Gasteiger charge is 2.51. The molecule has 2 N–H and O–H groups in total. The molecule has 0 bridgehead atoms. The predicted octanol–water partition coefficient (Wildman–Crippen LogP) is 3.80. The van der Waals surface area contributed by atoms with Crippen molar-refractivity contribution in [2.45, 2.75) is 115 Å². The van der Waals surface area contributed by atoms with Crippen LogP contribution in [0.5, 0.6) is 0 Å². The number of hydrogen-bond acceptors (Lipinski definition) is 6. The van der Waals surface area contributed by atoms with Crippen molar-refractivity contribution in [3.8, 4) is 0 Å². The summed E-state index contributed by atoms with van der Waals surface area (Å²) in [5.41, 5.74) is 1.05. The van der Waals surface area contributed by atoms with Gasteiger partial charge in [0.1, 0.15) is 5.78 Å². The number of nitrogens with one attached hydrogen (secondary N) is 1. The Hall–Kier alpha value is -1.80. The van der Waals surface area contributed by atoms with Gasteiger partial charge in [-0.3, -0.25) is 9.59 Å². The number of epoxide rings is 1. The molecule has 3 rings (SSSR count). The molecule has 0 aromatic carbocycles. The Balaban J connectivity index is 1.49. The molecule has 0 aromatic rings. The molecule has 7 heteroatoms. The highest BCUT2D eigenvalue weighted by Crippen LogP contribution is 2.43. The molecular weight excluding hydrogens is 446 g/mol. The maximum absolute atomic E-state index is 12.1. The van der Waals surface area contributed by atoms with E-state index in [1.807, 2.05) is 13.8 Å². The van der Waals surface area contributed by atoms with Gasteiger partial charge in [0, 0.05) is 31.8 Å². The monoisotopic (exact) mass is 489 g/mol. The molecule has 0 saturated carbocycles. The molecule has 3 aliphatic rings. The lowest BCUT2D eigenvalue weighted by Gasteiger charge is -2.39. The third-order valence-electron chi connectivity index (χ3n) is 7.26. The van der Waals surface area contributed by atoms with E-state index in [4.69, 9.17) is 14.2 Å². The fraction of sp³-hybridized carbons (Fsp3) is 0.714. The Bertz CT molecular complexity index is 827. The van der Waals surface area contributed by atoms with Crippen LogP contribution in [0.15, 0.2) is 36.0 Å². The van der Waals surface area contributed by atoms with Gasteiger partial charge in [0.15, 0.2) is 0 Å². The molecule has 1 amide bonds. The highest BCUT2D eigenvalue weighted by molar-refractivity contribution is 5.87.